The lowest BCUT2D eigenvalue weighted by Gasteiger charge is -2.10. The molecule has 0 aliphatic carbocycles. The van der Waals surface area contributed by atoms with Crippen molar-refractivity contribution in [3.05, 3.63) is 0 Å². The van der Waals surface area contributed by atoms with Crippen molar-refractivity contribution in [2.75, 3.05) is 13.6 Å². The Labute approximate surface area is 59.2 Å². The van der Waals surface area contributed by atoms with E-state index < -0.39 is 0 Å². The highest BCUT2D eigenvalue weighted by atomic mass is 16.2. The number of hydrogen-bond donors (Lipinski definition) is 1. The fourth-order valence-corrected chi connectivity index (χ4v) is 0.834. The van der Waals surface area contributed by atoms with E-state index in [0.29, 0.717) is 13.0 Å². The summed E-state index contributed by atoms with van der Waals surface area (Å²) in [5, 5.41) is 2.59. The number of amides is 3. The molecular weight excluding hydrogens is 132 g/mol. The summed E-state index contributed by atoms with van der Waals surface area (Å²) in [5.41, 5.74) is 0. The molecule has 3 amide bonds. The van der Waals surface area contributed by atoms with E-state index in [2.05, 4.69) is 5.32 Å². The molecule has 0 radical (unpaired) electrons. The number of carbonyl (C=O) groups excluding carboxylic acids is 2. The van der Waals surface area contributed by atoms with Gasteiger partial charge in [-0.15, -0.1) is 0 Å². The molecule has 0 atom stereocenters. The number of imide groups is 1. The minimum absolute atomic E-state index is 0.102. The molecule has 0 saturated carbocycles. The van der Waals surface area contributed by atoms with Crippen molar-refractivity contribution < 1.29 is 9.59 Å². The summed E-state index contributed by atoms with van der Waals surface area (Å²) in [4.78, 5) is 22.8. The fourth-order valence-electron chi connectivity index (χ4n) is 0.834. The number of nitrogens with zero attached hydrogens (tertiary/aromatic N) is 1. The zero-order valence-electron chi connectivity index (χ0n) is 5.89. The molecule has 1 N–H and O–H groups in total. The molecule has 1 aliphatic rings. The molecule has 1 aliphatic heterocycles. The first-order valence-corrected chi connectivity index (χ1v) is 3.26. The van der Waals surface area contributed by atoms with Gasteiger partial charge in [-0.3, -0.25) is 9.69 Å². The van der Waals surface area contributed by atoms with Gasteiger partial charge in [-0.1, -0.05) is 0 Å². The van der Waals surface area contributed by atoms with Gasteiger partial charge >= 0.3 is 6.03 Å². The van der Waals surface area contributed by atoms with Crippen LogP contribution in [0.1, 0.15) is 12.8 Å². The summed E-state index contributed by atoms with van der Waals surface area (Å²) in [6, 6.07) is -0.289. The van der Waals surface area contributed by atoms with E-state index in [4.69, 9.17) is 0 Å². The Hall–Kier alpha value is -1.06. The summed E-state index contributed by atoms with van der Waals surface area (Å²) >= 11 is 0. The molecule has 1 rings (SSSR count). The van der Waals surface area contributed by atoms with E-state index in [1.165, 1.54) is 7.05 Å². The topological polar surface area (TPSA) is 49.4 Å². The Morgan fingerprint density at radius 3 is 2.90 bits per heavy atom. The maximum atomic E-state index is 10.9. The lowest BCUT2D eigenvalue weighted by Crippen LogP contribution is -2.37. The Balaban J connectivity index is 2.64. The molecule has 4 heteroatoms. The molecule has 1 heterocycles. The van der Waals surface area contributed by atoms with Crippen molar-refractivity contribution in [2.45, 2.75) is 12.8 Å². The van der Waals surface area contributed by atoms with Crippen LogP contribution in [0.25, 0.3) is 0 Å². The second-order valence-electron chi connectivity index (χ2n) is 2.29. The van der Waals surface area contributed by atoms with Gasteiger partial charge < -0.3 is 5.32 Å². The van der Waals surface area contributed by atoms with E-state index >= 15 is 0 Å². The maximum Gasteiger partial charge on any atom is 0.323 e. The summed E-state index contributed by atoms with van der Waals surface area (Å²) in [5.74, 6) is -0.102. The summed E-state index contributed by atoms with van der Waals surface area (Å²) in [6.07, 6.45) is 1.21. The second-order valence-corrected chi connectivity index (χ2v) is 2.29. The molecule has 0 spiro atoms. The molecule has 10 heavy (non-hydrogen) atoms. The Morgan fingerprint density at radius 1 is 1.50 bits per heavy atom. The van der Waals surface area contributed by atoms with Crippen molar-refractivity contribution in [3.63, 3.8) is 0 Å². The van der Waals surface area contributed by atoms with E-state index in [-0.39, 0.29) is 11.9 Å². The highest BCUT2D eigenvalue weighted by Gasteiger charge is 2.18. The van der Waals surface area contributed by atoms with Crippen molar-refractivity contribution >= 4 is 11.9 Å². The van der Waals surface area contributed by atoms with Gasteiger partial charge in [0.25, 0.3) is 0 Å². The van der Waals surface area contributed by atoms with Crippen molar-refractivity contribution in [3.8, 4) is 0 Å². The number of urea groups is 1. The minimum atomic E-state index is -0.289. The fraction of sp³-hybridized carbons (Fsp3) is 0.667. The van der Waals surface area contributed by atoms with Crippen LogP contribution in [0, 0.1) is 0 Å². The molecular formula is C6H10N2O2. The molecule has 0 aromatic rings. The third-order valence-electron chi connectivity index (χ3n) is 1.52. The highest BCUT2D eigenvalue weighted by Crippen LogP contribution is 1.99. The van der Waals surface area contributed by atoms with Crippen LogP contribution < -0.4 is 5.32 Å². The molecule has 1 saturated heterocycles. The van der Waals surface area contributed by atoms with Gasteiger partial charge in [-0.25, -0.2) is 4.79 Å². The molecule has 0 unspecified atom stereocenters. The molecule has 4 nitrogen and oxygen atoms in total. The lowest BCUT2D eigenvalue weighted by molar-refractivity contribution is -0.126. The van der Waals surface area contributed by atoms with Crippen LogP contribution in [0.3, 0.4) is 0 Å². The van der Waals surface area contributed by atoms with Crippen LogP contribution >= 0.6 is 0 Å². The SMILES string of the molecule is CN1C(=O)CCCNC1=O. The first-order chi connectivity index (χ1) is 4.72. The van der Waals surface area contributed by atoms with E-state index in [0.717, 1.165) is 11.3 Å². The normalized spacial score (nSPS) is 20.3. The molecule has 56 valence electrons. The van der Waals surface area contributed by atoms with Crippen LogP contribution in [-0.4, -0.2) is 30.4 Å². The quantitative estimate of drug-likeness (QED) is 0.515. The van der Waals surface area contributed by atoms with Crippen LogP contribution in [0.5, 0.6) is 0 Å². The van der Waals surface area contributed by atoms with Gasteiger partial charge in [-0.05, 0) is 6.42 Å². The van der Waals surface area contributed by atoms with Crippen LogP contribution in [-0.2, 0) is 4.79 Å². The molecule has 0 aromatic heterocycles. The minimum Gasteiger partial charge on any atom is -0.338 e. The number of rotatable bonds is 0. The smallest absolute Gasteiger partial charge is 0.323 e. The third-order valence-corrected chi connectivity index (χ3v) is 1.52. The van der Waals surface area contributed by atoms with Crippen molar-refractivity contribution in [2.24, 2.45) is 0 Å². The predicted molar refractivity (Wildman–Crippen MR) is 35.4 cm³/mol. The molecule has 0 bridgehead atoms. The first kappa shape index (κ1) is 7.05. The predicted octanol–water partition coefficient (Wildman–Crippen LogP) is -0.0518. The van der Waals surface area contributed by atoms with Crippen LogP contribution in [0.15, 0.2) is 0 Å². The van der Waals surface area contributed by atoms with E-state index in [1.807, 2.05) is 0 Å². The maximum absolute atomic E-state index is 10.9. The van der Waals surface area contributed by atoms with Crippen molar-refractivity contribution in [1.82, 2.24) is 10.2 Å². The zero-order valence-corrected chi connectivity index (χ0v) is 5.89. The number of hydrogen-bond acceptors (Lipinski definition) is 2. The largest absolute Gasteiger partial charge is 0.338 e. The number of nitrogens with one attached hydrogen (secondary N) is 1. The first-order valence-electron chi connectivity index (χ1n) is 3.26. The van der Waals surface area contributed by atoms with Gasteiger partial charge in [0.1, 0.15) is 0 Å². The Morgan fingerprint density at radius 2 is 2.20 bits per heavy atom. The average molecular weight is 142 g/mol. The molecule has 0 aromatic carbocycles. The van der Waals surface area contributed by atoms with Gasteiger partial charge in [0, 0.05) is 20.0 Å². The zero-order chi connectivity index (χ0) is 7.56. The Bertz CT molecular complexity index is 149. The monoisotopic (exact) mass is 142 g/mol. The van der Waals surface area contributed by atoms with Crippen molar-refractivity contribution in [1.29, 1.82) is 0 Å². The van der Waals surface area contributed by atoms with Gasteiger partial charge in [0.15, 0.2) is 0 Å². The van der Waals surface area contributed by atoms with Crippen LogP contribution in [0.2, 0.25) is 0 Å². The van der Waals surface area contributed by atoms with E-state index in [9.17, 15) is 9.59 Å². The average Bonchev–Trinajstić information content (AvgIpc) is 2.04. The van der Waals surface area contributed by atoms with E-state index in [1.54, 1.807) is 0 Å². The second kappa shape index (κ2) is 2.68. The third kappa shape index (κ3) is 1.26. The summed E-state index contributed by atoms with van der Waals surface area (Å²) < 4.78 is 0. The van der Waals surface area contributed by atoms with Crippen LogP contribution in [0.4, 0.5) is 4.79 Å². The molecule has 1 fully saturated rings. The standard InChI is InChI=1S/C6H10N2O2/c1-8-5(9)3-2-4-7-6(8)10/h2-4H2,1H3,(H,7,10). The Kier molecular flexibility index (Phi) is 1.89. The van der Waals surface area contributed by atoms with Gasteiger partial charge in [0.2, 0.25) is 5.91 Å². The highest BCUT2D eigenvalue weighted by molar-refractivity contribution is 5.94. The van der Waals surface area contributed by atoms with Gasteiger partial charge in [-0.2, -0.15) is 0 Å². The summed E-state index contributed by atoms with van der Waals surface area (Å²) in [6.45, 7) is 0.606. The number of carbonyl (C=O) groups is 2. The summed E-state index contributed by atoms with van der Waals surface area (Å²) in [7, 11) is 1.49. The van der Waals surface area contributed by atoms with Gasteiger partial charge in [0.05, 0.1) is 0 Å². The lowest BCUT2D eigenvalue weighted by atomic mass is 10.3.